The Kier molecular flexibility index (Phi) is 4.93. The van der Waals surface area contributed by atoms with E-state index in [4.69, 9.17) is 14.2 Å². The van der Waals surface area contributed by atoms with Crippen LogP contribution in [0.5, 0.6) is 0 Å². The van der Waals surface area contributed by atoms with Gasteiger partial charge in [0.1, 0.15) is 12.4 Å². The minimum absolute atomic E-state index is 0.0507. The summed E-state index contributed by atoms with van der Waals surface area (Å²) in [6.07, 6.45) is 0. The zero-order valence-corrected chi connectivity index (χ0v) is 15.8. The molecule has 2 aliphatic rings. The Morgan fingerprint density at radius 3 is 2.56 bits per heavy atom. The van der Waals surface area contributed by atoms with Crippen molar-refractivity contribution in [1.82, 2.24) is 5.32 Å². The summed E-state index contributed by atoms with van der Waals surface area (Å²) < 4.78 is 15.2. The van der Waals surface area contributed by atoms with Crippen molar-refractivity contribution in [2.45, 2.75) is 25.8 Å². The Morgan fingerprint density at radius 1 is 1.19 bits per heavy atom. The molecule has 27 heavy (non-hydrogen) atoms. The minimum Gasteiger partial charge on any atom is -0.466 e. The van der Waals surface area contributed by atoms with Crippen LogP contribution in [0, 0.1) is 0 Å². The van der Waals surface area contributed by atoms with Crippen LogP contribution in [0.4, 0.5) is 5.69 Å². The molecule has 0 fully saturated rings. The summed E-state index contributed by atoms with van der Waals surface area (Å²) in [6.45, 7) is 4.01. The number of hydrogen-bond acceptors (Lipinski definition) is 7. The standard InChI is InChI=1S/C19H22N2O6/c1-19(2)13-6-5-7-14(11(13)8-20-18(19)24)21-10-27-9-12(16(22)25-3)15(21)17(23)26-4/h5-7H,8-10H2,1-4H3,(H,20,24). The van der Waals surface area contributed by atoms with Gasteiger partial charge in [0.05, 0.1) is 31.8 Å². The molecule has 1 aromatic carbocycles. The minimum atomic E-state index is -0.722. The van der Waals surface area contributed by atoms with Gasteiger partial charge in [0, 0.05) is 12.2 Å². The van der Waals surface area contributed by atoms with E-state index >= 15 is 0 Å². The van der Waals surface area contributed by atoms with Gasteiger partial charge >= 0.3 is 11.9 Å². The van der Waals surface area contributed by atoms with Crippen LogP contribution in [0.25, 0.3) is 0 Å². The van der Waals surface area contributed by atoms with Gasteiger partial charge in [0.2, 0.25) is 5.91 Å². The Morgan fingerprint density at radius 2 is 1.89 bits per heavy atom. The van der Waals surface area contributed by atoms with Crippen LogP contribution < -0.4 is 10.2 Å². The maximum Gasteiger partial charge on any atom is 0.355 e. The predicted molar refractivity (Wildman–Crippen MR) is 95.7 cm³/mol. The number of carbonyl (C=O) groups excluding carboxylic acids is 3. The van der Waals surface area contributed by atoms with Gasteiger partial charge in [-0.3, -0.25) is 4.79 Å². The summed E-state index contributed by atoms with van der Waals surface area (Å²) in [4.78, 5) is 38.5. The first-order valence-corrected chi connectivity index (χ1v) is 8.48. The van der Waals surface area contributed by atoms with Crippen molar-refractivity contribution >= 4 is 23.5 Å². The van der Waals surface area contributed by atoms with E-state index in [0.717, 1.165) is 11.1 Å². The number of ether oxygens (including phenoxy) is 3. The van der Waals surface area contributed by atoms with Gasteiger partial charge < -0.3 is 24.4 Å². The smallest absolute Gasteiger partial charge is 0.355 e. The zero-order chi connectivity index (χ0) is 19.8. The van der Waals surface area contributed by atoms with Crippen LogP contribution >= 0.6 is 0 Å². The van der Waals surface area contributed by atoms with E-state index in [-0.39, 0.29) is 30.5 Å². The maximum absolute atomic E-state index is 12.5. The molecule has 0 radical (unpaired) electrons. The van der Waals surface area contributed by atoms with Gasteiger partial charge in [-0.25, -0.2) is 9.59 Å². The van der Waals surface area contributed by atoms with E-state index in [1.165, 1.54) is 14.2 Å². The lowest BCUT2D eigenvalue weighted by molar-refractivity contribution is -0.140. The number of nitrogens with zero attached hydrogens (tertiary/aromatic N) is 1. The molecule has 0 aromatic heterocycles. The molecule has 0 saturated carbocycles. The van der Waals surface area contributed by atoms with Crippen LogP contribution in [0.1, 0.15) is 25.0 Å². The summed E-state index contributed by atoms with van der Waals surface area (Å²) in [7, 11) is 2.49. The van der Waals surface area contributed by atoms with Crippen LogP contribution in [0.3, 0.4) is 0 Å². The number of rotatable bonds is 3. The van der Waals surface area contributed by atoms with Gasteiger partial charge in [0.25, 0.3) is 0 Å². The van der Waals surface area contributed by atoms with E-state index in [0.29, 0.717) is 12.2 Å². The van der Waals surface area contributed by atoms with Crippen molar-refractivity contribution in [2.24, 2.45) is 0 Å². The van der Waals surface area contributed by atoms with Crippen molar-refractivity contribution in [1.29, 1.82) is 0 Å². The van der Waals surface area contributed by atoms with Crippen molar-refractivity contribution in [3.8, 4) is 0 Å². The van der Waals surface area contributed by atoms with Crippen LogP contribution in [0.15, 0.2) is 29.5 Å². The molecule has 3 rings (SSSR count). The number of esters is 2. The average Bonchev–Trinajstić information content (AvgIpc) is 2.68. The van der Waals surface area contributed by atoms with E-state index < -0.39 is 17.4 Å². The molecule has 0 atom stereocenters. The molecule has 0 bridgehead atoms. The summed E-state index contributed by atoms with van der Waals surface area (Å²) in [5.74, 6) is -1.38. The molecule has 8 heteroatoms. The lowest BCUT2D eigenvalue weighted by atomic mass is 9.78. The fraction of sp³-hybridized carbons (Fsp3) is 0.421. The molecule has 1 N–H and O–H groups in total. The number of fused-ring (bicyclic) bond motifs is 1. The second-order valence-electron chi connectivity index (χ2n) is 6.83. The second-order valence-corrected chi connectivity index (χ2v) is 6.83. The molecular weight excluding hydrogens is 352 g/mol. The molecule has 1 amide bonds. The van der Waals surface area contributed by atoms with Crippen LogP contribution in [0.2, 0.25) is 0 Å². The summed E-state index contributed by atoms with van der Waals surface area (Å²) in [5.41, 5.74) is 1.84. The van der Waals surface area contributed by atoms with Crippen molar-refractivity contribution < 1.29 is 28.6 Å². The normalized spacial score (nSPS) is 18.5. The number of amides is 1. The lowest BCUT2D eigenvalue weighted by Gasteiger charge is -2.37. The third kappa shape index (κ3) is 3.06. The summed E-state index contributed by atoms with van der Waals surface area (Å²) in [6, 6.07) is 5.53. The monoisotopic (exact) mass is 374 g/mol. The van der Waals surface area contributed by atoms with E-state index in [2.05, 4.69) is 5.32 Å². The van der Waals surface area contributed by atoms with Gasteiger partial charge in [-0.2, -0.15) is 0 Å². The number of nitrogens with one attached hydrogen (secondary N) is 1. The van der Waals surface area contributed by atoms with Crippen molar-refractivity contribution in [3.05, 3.63) is 40.6 Å². The first-order chi connectivity index (χ1) is 12.8. The number of anilines is 1. The predicted octanol–water partition coefficient (Wildman–Crippen LogP) is 0.988. The fourth-order valence-electron chi connectivity index (χ4n) is 3.44. The molecule has 2 aliphatic heterocycles. The van der Waals surface area contributed by atoms with E-state index in [9.17, 15) is 14.4 Å². The quantitative estimate of drug-likeness (QED) is 0.789. The highest BCUT2D eigenvalue weighted by Gasteiger charge is 2.39. The number of methoxy groups -OCH3 is 2. The Labute approximate surface area is 157 Å². The molecule has 0 spiro atoms. The molecule has 0 unspecified atom stereocenters. The SMILES string of the molecule is COC(=O)C1=C(C(=O)OC)N(c2cccc3c2CNC(=O)C3(C)C)COC1. The lowest BCUT2D eigenvalue weighted by Crippen LogP contribution is -2.46. The van der Waals surface area contributed by atoms with Crippen molar-refractivity contribution in [2.75, 3.05) is 32.5 Å². The van der Waals surface area contributed by atoms with Crippen LogP contribution in [-0.2, 0) is 40.6 Å². The Hall–Kier alpha value is -2.87. The Bertz CT molecular complexity index is 843. The molecular formula is C19H22N2O6. The molecule has 0 aliphatic carbocycles. The van der Waals surface area contributed by atoms with Gasteiger partial charge in [0.15, 0.2) is 0 Å². The average molecular weight is 374 g/mol. The maximum atomic E-state index is 12.5. The third-order valence-electron chi connectivity index (χ3n) is 4.94. The number of hydrogen-bond donors (Lipinski definition) is 1. The number of benzene rings is 1. The second kappa shape index (κ2) is 7.03. The third-order valence-corrected chi connectivity index (χ3v) is 4.94. The largest absolute Gasteiger partial charge is 0.466 e. The summed E-state index contributed by atoms with van der Waals surface area (Å²) in [5, 5.41) is 2.88. The van der Waals surface area contributed by atoms with Gasteiger partial charge in [-0.1, -0.05) is 12.1 Å². The van der Waals surface area contributed by atoms with Crippen molar-refractivity contribution in [3.63, 3.8) is 0 Å². The summed E-state index contributed by atoms with van der Waals surface area (Å²) >= 11 is 0. The number of carbonyl (C=O) groups is 3. The molecule has 8 nitrogen and oxygen atoms in total. The van der Waals surface area contributed by atoms with Crippen LogP contribution in [-0.4, -0.2) is 45.4 Å². The topological polar surface area (TPSA) is 94.2 Å². The highest BCUT2D eigenvalue weighted by atomic mass is 16.5. The fourth-order valence-corrected chi connectivity index (χ4v) is 3.44. The van der Waals surface area contributed by atoms with Gasteiger partial charge in [-0.05, 0) is 31.0 Å². The highest BCUT2D eigenvalue weighted by Crippen LogP contribution is 2.38. The first kappa shape index (κ1) is 18.9. The molecule has 0 saturated heterocycles. The Balaban J connectivity index is 2.18. The highest BCUT2D eigenvalue weighted by molar-refractivity contribution is 6.03. The van der Waals surface area contributed by atoms with Gasteiger partial charge in [-0.15, -0.1) is 0 Å². The van der Waals surface area contributed by atoms with E-state index in [1.807, 2.05) is 32.0 Å². The van der Waals surface area contributed by atoms with E-state index in [1.54, 1.807) is 4.90 Å². The first-order valence-electron chi connectivity index (χ1n) is 8.48. The molecule has 144 valence electrons. The zero-order valence-electron chi connectivity index (χ0n) is 15.8. The molecule has 2 heterocycles. The molecule has 1 aromatic rings.